The number of nitrogens with zero attached hydrogens (tertiary/aromatic N) is 5. The quantitative estimate of drug-likeness (QED) is 0.343. The van der Waals surface area contributed by atoms with Gasteiger partial charge in [-0.3, -0.25) is 39.0 Å². The van der Waals surface area contributed by atoms with E-state index in [9.17, 15) is 24.0 Å². The number of aromatic nitrogens is 3. The standard InChI is InChI=1S/C35H39N7O5/c1-20(2)38-33(45)31(27-11-9-23(16-36-27)22-5-3-6-22)41(35(47)26-17-37-42-14-4-7-28(26)42)18-21-8-10-25-24(15-21)19-40(34(25)46)29-12-13-30(43)39-32(29)44/h8-11,15-17,20,22,29,31H,3-7,12-14,18-19H2,1-2H3,(H,38,45)(H,39,43,44). The third-order valence-electron chi connectivity index (χ3n) is 9.82. The van der Waals surface area contributed by atoms with E-state index in [2.05, 4.69) is 15.7 Å². The van der Waals surface area contributed by atoms with Crippen molar-refractivity contribution in [2.24, 2.45) is 0 Å². The van der Waals surface area contributed by atoms with Gasteiger partial charge in [-0.1, -0.05) is 24.6 Å². The first-order chi connectivity index (χ1) is 22.7. The molecule has 47 heavy (non-hydrogen) atoms. The van der Waals surface area contributed by atoms with Crippen LogP contribution in [0.15, 0.2) is 42.7 Å². The molecule has 1 saturated heterocycles. The van der Waals surface area contributed by atoms with Crippen molar-refractivity contribution in [3.05, 3.63) is 81.9 Å². The number of carbonyl (C=O) groups excluding carboxylic acids is 5. The number of aryl methyl sites for hydroxylation is 1. The molecule has 2 atom stereocenters. The Labute approximate surface area is 272 Å². The number of fused-ring (bicyclic) bond motifs is 2. The van der Waals surface area contributed by atoms with Crippen LogP contribution in [0.3, 0.4) is 0 Å². The van der Waals surface area contributed by atoms with Crippen LogP contribution in [0, 0.1) is 0 Å². The van der Waals surface area contributed by atoms with Crippen LogP contribution in [0.25, 0.3) is 0 Å². The summed E-state index contributed by atoms with van der Waals surface area (Å²) in [6.45, 7) is 4.79. The summed E-state index contributed by atoms with van der Waals surface area (Å²) < 4.78 is 1.85. The van der Waals surface area contributed by atoms with Crippen LogP contribution in [0.2, 0.25) is 0 Å². The monoisotopic (exact) mass is 637 g/mol. The zero-order valence-corrected chi connectivity index (χ0v) is 26.7. The molecule has 7 rings (SSSR count). The Bertz CT molecular complexity index is 1760. The van der Waals surface area contributed by atoms with Crippen LogP contribution in [0.4, 0.5) is 0 Å². The van der Waals surface area contributed by atoms with Crippen LogP contribution in [0.5, 0.6) is 0 Å². The van der Waals surface area contributed by atoms with E-state index in [-0.39, 0.29) is 55.6 Å². The molecule has 244 valence electrons. The number of imide groups is 1. The Morgan fingerprint density at radius 1 is 1.04 bits per heavy atom. The summed E-state index contributed by atoms with van der Waals surface area (Å²) in [5.74, 6) is -1.25. The van der Waals surface area contributed by atoms with E-state index >= 15 is 0 Å². The second-order valence-electron chi connectivity index (χ2n) is 13.4. The van der Waals surface area contributed by atoms with Gasteiger partial charge in [0.05, 0.1) is 23.1 Å². The fourth-order valence-corrected chi connectivity index (χ4v) is 7.16. The third-order valence-corrected chi connectivity index (χ3v) is 9.82. The van der Waals surface area contributed by atoms with Crippen molar-refractivity contribution in [3.8, 4) is 0 Å². The molecule has 0 spiro atoms. The Morgan fingerprint density at radius 3 is 2.57 bits per heavy atom. The number of amides is 5. The first-order valence-corrected chi connectivity index (χ1v) is 16.6. The average Bonchev–Trinajstić information content (AvgIpc) is 3.71. The summed E-state index contributed by atoms with van der Waals surface area (Å²) in [6.07, 6.45) is 8.93. The van der Waals surface area contributed by atoms with Crippen LogP contribution in [0.1, 0.15) is 113 Å². The van der Waals surface area contributed by atoms with E-state index in [0.29, 0.717) is 22.7 Å². The highest BCUT2D eigenvalue weighted by atomic mass is 16.2. The highest BCUT2D eigenvalue weighted by molar-refractivity contribution is 6.05. The lowest BCUT2D eigenvalue weighted by atomic mass is 9.80. The third kappa shape index (κ3) is 5.81. The molecule has 0 radical (unpaired) electrons. The van der Waals surface area contributed by atoms with Gasteiger partial charge in [-0.25, -0.2) is 0 Å². The normalized spacial score (nSPS) is 19.7. The van der Waals surface area contributed by atoms with E-state index < -0.39 is 18.0 Å². The minimum atomic E-state index is -1.02. The van der Waals surface area contributed by atoms with E-state index in [1.54, 1.807) is 23.2 Å². The number of hydrogen-bond donors (Lipinski definition) is 2. The second-order valence-corrected chi connectivity index (χ2v) is 13.4. The minimum Gasteiger partial charge on any atom is -0.352 e. The molecule has 5 amide bonds. The molecule has 3 aromatic rings. The Kier molecular flexibility index (Phi) is 8.11. The number of rotatable bonds is 9. The molecule has 2 N–H and O–H groups in total. The summed E-state index contributed by atoms with van der Waals surface area (Å²) in [5.41, 5.74) is 4.87. The molecule has 12 heteroatoms. The summed E-state index contributed by atoms with van der Waals surface area (Å²) in [6, 6.07) is 7.34. The number of nitrogens with one attached hydrogen (secondary N) is 2. The van der Waals surface area contributed by atoms with Crippen molar-refractivity contribution < 1.29 is 24.0 Å². The molecule has 12 nitrogen and oxygen atoms in total. The summed E-state index contributed by atoms with van der Waals surface area (Å²) in [5, 5.41) is 9.80. The molecular weight excluding hydrogens is 598 g/mol. The molecule has 2 aromatic heterocycles. The molecule has 2 fully saturated rings. The Balaban J connectivity index is 1.24. The SMILES string of the molecule is CC(C)NC(=O)C(c1ccc(C2CCC2)cn1)N(Cc1ccc2c(c1)CN(C1CCC(=O)NC1=O)C2=O)C(=O)c1cnn2c1CCC2. The lowest BCUT2D eigenvalue weighted by Gasteiger charge is -2.32. The van der Waals surface area contributed by atoms with Gasteiger partial charge in [0.25, 0.3) is 11.8 Å². The number of pyridine rings is 1. The van der Waals surface area contributed by atoms with Crippen molar-refractivity contribution >= 4 is 29.5 Å². The van der Waals surface area contributed by atoms with Crippen molar-refractivity contribution in [2.45, 2.75) is 102 Å². The predicted molar refractivity (Wildman–Crippen MR) is 170 cm³/mol. The topological polar surface area (TPSA) is 147 Å². The molecule has 1 aromatic carbocycles. The van der Waals surface area contributed by atoms with Crippen LogP contribution in [-0.4, -0.2) is 66.2 Å². The lowest BCUT2D eigenvalue weighted by molar-refractivity contribution is -0.137. The Morgan fingerprint density at radius 2 is 1.87 bits per heavy atom. The lowest BCUT2D eigenvalue weighted by Crippen LogP contribution is -2.52. The number of carbonyl (C=O) groups is 5. The molecule has 3 aliphatic heterocycles. The molecule has 4 aliphatic rings. The average molecular weight is 638 g/mol. The molecular formula is C35H39N7O5. The summed E-state index contributed by atoms with van der Waals surface area (Å²) in [4.78, 5) is 74.0. The summed E-state index contributed by atoms with van der Waals surface area (Å²) >= 11 is 0. The van der Waals surface area contributed by atoms with Gasteiger partial charge in [-0.05, 0) is 80.7 Å². The van der Waals surface area contributed by atoms with Gasteiger partial charge in [0.15, 0.2) is 6.04 Å². The highest BCUT2D eigenvalue weighted by Gasteiger charge is 2.40. The van der Waals surface area contributed by atoms with Gasteiger partial charge in [0, 0.05) is 43.9 Å². The number of benzene rings is 1. The van der Waals surface area contributed by atoms with Crippen molar-refractivity contribution in [1.82, 2.24) is 35.2 Å². The second kappa shape index (κ2) is 12.4. The number of piperidine rings is 1. The largest absolute Gasteiger partial charge is 0.352 e. The van der Waals surface area contributed by atoms with Gasteiger partial charge >= 0.3 is 0 Å². The molecule has 1 aliphatic carbocycles. The van der Waals surface area contributed by atoms with Crippen LogP contribution in [-0.2, 0) is 40.4 Å². The maximum atomic E-state index is 14.5. The predicted octanol–water partition coefficient (Wildman–Crippen LogP) is 3.16. The zero-order chi connectivity index (χ0) is 32.8. The summed E-state index contributed by atoms with van der Waals surface area (Å²) in [7, 11) is 0. The van der Waals surface area contributed by atoms with Gasteiger partial charge in [0.2, 0.25) is 17.7 Å². The zero-order valence-electron chi connectivity index (χ0n) is 26.7. The fourth-order valence-electron chi connectivity index (χ4n) is 7.16. The first-order valence-electron chi connectivity index (χ1n) is 16.6. The maximum absolute atomic E-state index is 14.5. The Hall–Kier alpha value is -4.87. The van der Waals surface area contributed by atoms with E-state index in [1.807, 2.05) is 42.9 Å². The molecule has 1 saturated carbocycles. The van der Waals surface area contributed by atoms with Gasteiger partial charge in [-0.15, -0.1) is 0 Å². The van der Waals surface area contributed by atoms with Crippen LogP contribution >= 0.6 is 0 Å². The van der Waals surface area contributed by atoms with Crippen molar-refractivity contribution in [2.75, 3.05) is 0 Å². The highest BCUT2D eigenvalue weighted by Crippen LogP contribution is 2.37. The van der Waals surface area contributed by atoms with Gasteiger partial charge in [-0.2, -0.15) is 5.10 Å². The molecule has 2 unspecified atom stereocenters. The van der Waals surface area contributed by atoms with E-state index in [1.165, 1.54) is 11.3 Å². The van der Waals surface area contributed by atoms with E-state index in [4.69, 9.17) is 4.98 Å². The van der Waals surface area contributed by atoms with Gasteiger partial charge < -0.3 is 15.1 Å². The van der Waals surface area contributed by atoms with Crippen molar-refractivity contribution in [1.29, 1.82) is 0 Å². The van der Waals surface area contributed by atoms with Crippen molar-refractivity contribution in [3.63, 3.8) is 0 Å². The van der Waals surface area contributed by atoms with Gasteiger partial charge in [0.1, 0.15) is 6.04 Å². The molecule has 5 heterocycles. The first kappa shape index (κ1) is 30.8. The maximum Gasteiger partial charge on any atom is 0.258 e. The minimum absolute atomic E-state index is 0.0750. The van der Waals surface area contributed by atoms with Crippen LogP contribution < -0.4 is 10.6 Å². The fraction of sp³-hybridized carbons (Fsp3) is 0.457. The van der Waals surface area contributed by atoms with E-state index in [0.717, 1.165) is 54.6 Å². The smallest absolute Gasteiger partial charge is 0.258 e. The molecule has 0 bridgehead atoms. The number of hydrogen-bond acceptors (Lipinski definition) is 7.